The van der Waals surface area contributed by atoms with Crippen molar-refractivity contribution in [3.8, 4) is 0 Å². The van der Waals surface area contributed by atoms with E-state index in [1.54, 1.807) is 6.92 Å². The van der Waals surface area contributed by atoms with Crippen molar-refractivity contribution in [3.63, 3.8) is 0 Å². The first-order chi connectivity index (χ1) is 37.6. The Morgan fingerprint density at radius 3 is 1.09 bits per heavy atom. The monoisotopic (exact) mass is 1130 g/mol. The van der Waals surface area contributed by atoms with Gasteiger partial charge in [0.25, 0.3) is 7.82 Å². The van der Waals surface area contributed by atoms with E-state index in [0.717, 1.165) is 77.2 Å². The summed E-state index contributed by atoms with van der Waals surface area (Å²) in [6.07, 6.45) is 44.8. The van der Waals surface area contributed by atoms with Gasteiger partial charge in [-0.1, -0.05) is 206 Å². The highest BCUT2D eigenvalue weighted by Gasteiger charge is 2.17. The summed E-state index contributed by atoms with van der Waals surface area (Å²) in [6.45, 7) is 12.9. The zero-order chi connectivity index (χ0) is 57.2. The number of phosphoric ester groups is 1. The number of nitrogens with two attached hydrogens (primary N) is 1. The first kappa shape index (κ1) is 80.0. The molecule has 0 radical (unpaired) electrons. The van der Waals surface area contributed by atoms with Crippen molar-refractivity contribution in [1.82, 2.24) is 0 Å². The van der Waals surface area contributed by atoms with E-state index in [2.05, 4.69) is 19.6 Å². The normalized spacial score (nSPS) is 12.8. The third kappa shape index (κ3) is 70.8. The number of unbranched alkanes of at least 4 members (excludes halogenated alkanes) is 32. The van der Waals surface area contributed by atoms with Crippen molar-refractivity contribution < 1.29 is 72.5 Å². The number of hydrogen-bond donors (Lipinski definition) is 4. The maximum atomic E-state index is 11.9. The van der Waals surface area contributed by atoms with Crippen molar-refractivity contribution in [2.45, 2.75) is 284 Å². The van der Waals surface area contributed by atoms with Gasteiger partial charge in [0.2, 0.25) is 0 Å². The molecule has 0 aliphatic heterocycles. The van der Waals surface area contributed by atoms with Gasteiger partial charge in [0.05, 0.1) is 52.8 Å². The number of rotatable bonds is 60. The van der Waals surface area contributed by atoms with Gasteiger partial charge in [-0.05, 0) is 52.4 Å². The quantitative estimate of drug-likeness (QED) is 0.0251. The lowest BCUT2D eigenvalue weighted by Crippen LogP contribution is -2.52. The zero-order valence-corrected chi connectivity index (χ0v) is 51.3. The predicted octanol–water partition coefficient (Wildman–Crippen LogP) is 12.4. The summed E-state index contributed by atoms with van der Waals surface area (Å²) in [6, 6.07) is 0. The average Bonchev–Trinajstić information content (AvgIpc) is 3.42. The smallest absolute Gasteiger partial charge is 0.305 e. The maximum Gasteiger partial charge on any atom is 0.305 e. The number of esters is 2. The van der Waals surface area contributed by atoms with Gasteiger partial charge in [0, 0.05) is 45.8 Å². The van der Waals surface area contributed by atoms with Crippen LogP contribution in [-0.2, 0) is 51.6 Å². The summed E-state index contributed by atoms with van der Waals surface area (Å²) >= 11 is 0. The van der Waals surface area contributed by atoms with E-state index in [-0.39, 0.29) is 51.1 Å². The van der Waals surface area contributed by atoms with E-state index >= 15 is 0 Å². The third-order valence-electron chi connectivity index (χ3n) is 12.9. The van der Waals surface area contributed by atoms with Gasteiger partial charge in [-0.15, -0.1) is 0 Å². The molecule has 17 heteroatoms. The number of carbonyl (C=O) groups is 2. The second-order valence-electron chi connectivity index (χ2n) is 20.4. The second kappa shape index (κ2) is 69.0. The Balaban J connectivity index is -0.00000135. The second-order valence-corrected chi connectivity index (χ2v) is 21.8. The number of aliphatic hydroxyl groups is 2. The molecule has 3 unspecified atom stereocenters. The minimum Gasteiger partial charge on any atom is -0.756 e. The molecule has 0 rings (SSSR count). The average molecular weight is 1130 g/mol. The SMILES string of the molecule is CCCCCCCCCCCCCCCCOCC(CO)OCCCCCCC(=O)OCC.CCCCCCCCCCCCCCCCOCC(COP(=O)([O-])OCC[NH3+])OCCCCCCC(=O)OCC.NCCO. The van der Waals surface area contributed by atoms with Crippen LogP contribution in [0.15, 0.2) is 0 Å². The molecule has 0 bridgehead atoms. The number of ether oxygens (including phenoxy) is 6. The van der Waals surface area contributed by atoms with Crippen LogP contribution in [0.25, 0.3) is 0 Å². The Morgan fingerprint density at radius 2 is 0.766 bits per heavy atom. The van der Waals surface area contributed by atoms with E-state index in [9.17, 15) is 24.2 Å². The molecule has 0 spiro atoms. The van der Waals surface area contributed by atoms with Gasteiger partial charge >= 0.3 is 11.9 Å². The van der Waals surface area contributed by atoms with Crippen molar-refractivity contribution in [3.05, 3.63) is 0 Å². The summed E-state index contributed by atoms with van der Waals surface area (Å²) in [5.74, 6) is -0.264. The van der Waals surface area contributed by atoms with Crippen LogP contribution in [-0.4, -0.2) is 127 Å². The fraction of sp³-hybridized carbons (Fsp3) is 0.967. The van der Waals surface area contributed by atoms with Crippen molar-refractivity contribution in [1.29, 1.82) is 0 Å². The molecule has 0 fully saturated rings. The molecular weight excluding hydrogens is 1000 g/mol. The number of carbonyl (C=O) groups excluding carboxylic acids is 2. The Labute approximate surface area is 472 Å². The largest absolute Gasteiger partial charge is 0.756 e. The summed E-state index contributed by atoms with van der Waals surface area (Å²) in [7, 11) is -4.38. The van der Waals surface area contributed by atoms with Crippen LogP contribution in [0.1, 0.15) is 272 Å². The van der Waals surface area contributed by atoms with E-state index in [4.69, 9.17) is 48.3 Å². The van der Waals surface area contributed by atoms with Crippen molar-refractivity contribution in [2.75, 3.05) is 92.4 Å². The molecule has 464 valence electrons. The van der Waals surface area contributed by atoms with Crippen molar-refractivity contribution >= 4 is 19.8 Å². The van der Waals surface area contributed by atoms with Crippen molar-refractivity contribution in [2.24, 2.45) is 5.73 Å². The Morgan fingerprint density at radius 1 is 0.455 bits per heavy atom. The lowest BCUT2D eigenvalue weighted by molar-refractivity contribution is -0.373. The van der Waals surface area contributed by atoms with Crippen LogP contribution in [0.4, 0.5) is 0 Å². The topological polar surface area (TPSA) is 242 Å². The molecule has 3 atom stereocenters. The first-order valence-electron chi connectivity index (χ1n) is 31.6. The molecule has 0 aromatic heterocycles. The molecule has 16 nitrogen and oxygen atoms in total. The highest BCUT2D eigenvalue weighted by atomic mass is 31.2. The number of hydrogen-bond acceptors (Lipinski definition) is 15. The fourth-order valence-corrected chi connectivity index (χ4v) is 9.11. The highest BCUT2D eigenvalue weighted by molar-refractivity contribution is 7.45. The number of phosphoric acid groups is 1. The molecule has 0 aliphatic rings. The van der Waals surface area contributed by atoms with Crippen LogP contribution in [0.3, 0.4) is 0 Å². The summed E-state index contributed by atoms with van der Waals surface area (Å²) in [4.78, 5) is 34.5. The molecule has 77 heavy (non-hydrogen) atoms. The van der Waals surface area contributed by atoms with Crippen LogP contribution in [0.5, 0.6) is 0 Å². The minimum absolute atomic E-state index is 0.00159. The van der Waals surface area contributed by atoms with Gasteiger partial charge in [-0.25, -0.2) is 0 Å². The minimum atomic E-state index is -4.38. The van der Waals surface area contributed by atoms with Crippen LogP contribution in [0, 0.1) is 0 Å². The van der Waals surface area contributed by atoms with E-state index in [0.29, 0.717) is 65.6 Å². The molecule has 0 aromatic carbocycles. The number of quaternary nitrogens is 1. The summed E-state index contributed by atoms with van der Waals surface area (Å²) < 4.78 is 54.6. The van der Waals surface area contributed by atoms with Crippen LogP contribution < -0.4 is 16.4 Å². The molecular formula is C60H125N2O14P. The highest BCUT2D eigenvalue weighted by Crippen LogP contribution is 2.38. The van der Waals surface area contributed by atoms with Gasteiger partial charge in [-0.2, -0.15) is 0 Å². The fourth-order valence-electron chi connectivity index (χ4n) is 8.33. The number of aliphatic hydroxyl groups excluding tert-OH is 2. The zero-order valence-electron chi connectivity index (χ0n) is 50.4. The molecule has 0 aliphatic carbocycles. The Kier molecular flexibility index (Phi) is 71.6. The van der Waals surface area contributed by atoms with Gasteiger partial charge in [-0.3, -0.25) is 14.2 Å². The van der Waals surface area contributed by atoms with Gasteiger partial charge < -0.3 is 64.0 Å². The summed E-state index contributed by atoms with van der Waals surface area (Å²) in [5, 5.41) is 17.2. The third-order valence-corrected chi connectivity index (χ3v) is 13.9. The Hall–Kier alpha value is -1.27. The van der Waals surface area contributed by atoms with E-state index in [1.165, 1.54) is 161 Å². The van der Waals surface area contributed by atoms with Gasteiger partial charge in [0.1, 0.15) is 18.8 Å². The van der Waals surface area contributed by atoms with Crippen LogP contribution >= 0.6 is 7.82 Å². The standard InChI is InChI=1S/C30H62NO8P.C28H56O5.C2H7NO/c1-3-5-6-7-8-9-10-11-12-13-14-15-17-20-24-35-27-29(28-39-40(33,34)38-26-23-31)37-25-21-18-16-19-22-30(32)36-4-2;1-3-5-6-7-8-9-10-11-12-13-14-15-17-20-23-31-26-27(25-29)33-24-21-18-16-19-22-28(30)32-4-2;3-1-2-4/h29H,3-28,31H2,1-2H3,(H,33,34);27,29H,3-26H2,1-2H3;4H,1-3H2. The molecule has 0 saturated heterocycles. The lowest BCUT2D eigenvalue weighted by Gasteiger charge is -2.25. The maximum absolute atomic E-state index is 11.9. The van der Waals surface area contributed by atoms with Crippen LogP contribution in [0.2, 0.25) is 0 Å². The lowest BCUT2D eigenvalue weighted by atomic mass is 10.0. The molecule has 7 N–H and O–H groups in total. The first-order valence-corrected chi connectivity index (χ1v) is 33.1. The van der Waals surface area contributed by atoms with Gasteiger partial charge in [0.15, 0.2) is 0 Å². The predicted molar refractivity (Wildman–Crippen MR) is 312 cm³/mol. The van der Waals surface area contributed by atoms with E-state index < -0.39 is 13.9 Å². The Bertz CT molecular complexity index is 1190. The molecule has 0 heterocycles. The molecule has 0 aromatic rings. The molecule has 0 amide bonds. The molecule has 0 saturated carbocycles. The summed E-state index contributed by atoms with van der Waals surface area (Å²) in [5.41, 5.74) is 8.35. The van der Waals surface area contributed by atoms with E-state index in [1.807, 2.05) is 6.92 Å².